The summed E-state index contributed by atoms with van der Waals surface area (Å²) in [6, 6.07) is 7.20. The Balaban J connectivity index is 3.74. The maximum atomic E-state index is 12.7. The fourth-order valence-electron chi connectivity index (χ4n) is 2.78. The van der Waals surface area contributed by atoms with Crippen LogP contribution in [0.3, 0.4) is 0 Å². The van der Waals surface area contributed by atoms with Gasteiger partial charge in [0.25, 0.3) is 0 Å². The summed E-state index contributed by atoms with van der Waals surface area (Å²) in [6.07, 6.45) is 0.686. The number of nitrogens with two attached hydrogens (primary N) is 1. The molecule has 0 radical (unpaired) electrons. The first kappa shape index (κ1) is 18.0. The Morgan fingerprint density at radius 2 is 1.33 bits per heavy atom. The molecule has 0 aliphatic heterocycles. The van der Waals surface area contributed by atoms with Crippen molar-refractivity contribution in [1.82, 2.24) is 0 Å². The zero-order valence-corrected chi connectivity index (χ0v) is 15.8. The normalized spacial score (nSPS) is 11.2. The second-order valence-electron chi connectivity index (χ2n) is 4.94. The van der Waals surface area contributed by atoms with Crippen LogP contribution in [0.1, 0.15) is 45.6 Å². The molecule has 2 N–H and O–H groups in total. The topological polar surface area (TPSA) is 77.2 Å². The van der Waals surface area contributed by atoms with Gasteiger partial charge >= 0.3 is 130 Å². The van der Waals surface area contributed by atoms with Gasteiger partial charge in [-0.25, -0.2) is 0 Å². The van der Waals surface area contributed by atoms with Gasteiger partial charge < -0.3 is 0 Å². The van der Waals surface area contributed by atoms with Crippen LogP contribution >= 0.6 is 0 Å². The molecule has 0 atom stereocenters. The van der Waals surface area contributed by atoms with E-state index in [0.717, 1.165) is 5.56 Å². The van der Waals surface area contributed by atoms with E-state index >= 15 is 0 Å². The van der Waals surface area contributed by atoms with Crippen molar-refractivity contribution in [3.05, 3.63) is 29.8 Å². The minimum absolute atomic E-state index is 0.135. The Morgan fingerprint density at radius 1 is 0.905 bits per heavy atom. The quantitative estimate of drug-likeness (QED) is 0.674. The van der Waals surface area contributed by atoms with Gasteiger partial charge in [0.2, 0.25) is 0 Å². The summed E-state index contributed by atoms with van der Waals surface area (Å²) < 4.78 is 0.261. The summed E-state index contributed by atoms with van der Waals surface area (Å²) in [7, 11) is 0. The molecular formula is C16H23NO3Sn. The molecule has 21 heavy (non-hydrogen) atoms. The molecular weight excluding hydrogens is 373 g/mol. The molecule has 0 heterocycles. The zero-order valence-electron chi connectivity index (χ0n) is 12.9. The van der Waals surface area contributed by atoms with E-state index in [0.29, 0.717) is 3.58 Å². The van der Waals surface area contributed by atoms with Crippen LogP contribution in [0.25, 0.3) is 0 Å². The number of benzene rings is 1. The molecule has 0 saturated heterocycles. The number of rotatable bonds is 8. The molecule has 1 aromatic rings. The molecule has 1 aromatic carbocycles. The number of carbonyl (C=O) groups excluding carboxylic acids is 3. The van der Waals surface area contributed by atoms with Crippen LogP contribution in [-0.2, 0) is 20.9 Å². The van der Waals surface area contributed by atoms with Gasteiger partial charge in [-0.3, -0.25) is 0 Å². The molecule has 0 fully saturated rings. The summed E-state index contributed by atoms with van der Waals surface area (Å²) >= 11 is -4.50. The number of hydrogen-bond donors (Lipinski definition) is 1. The van der Waals surface area contributed by atoms with Crippen molar-refractivity contribution in [2.24, 2.45) is 5.73 Å². The van der Waals surface area contributed by atoms with Crippen LogP contribution in [0.4, 0.5) is 0 Å². The second kappa shape index (κ2) is 7.84. The standard InChI is InChI=1S/C7H8N.3C3H5O.Sn/c8-6-7-4-2-1-3-5-7;3*1-2-3-4;/h1-4H,6,8H2;3*2H2,1H3;. The molecule has 5 heteroatoms. The molecule has 114 valence electrons. The van der Waals surface area contributed by atoms with Crippen LogP contribution in [0.5, 0.6) is 0 Å². The van der Waals surface area contributed by atoms with E-state index in [1.165, 1.54) is 0 Å². The van der Waals surface area contributed by atoms with E-state index < -0.39 is 18.4 Å². The fourth-order valence-corrected chi connectivity index (χ4v) is 15.4. The molecule has 0 saturated carbocycles. The van der Waals surface area contributed by atoms with Crippen molar-refractivity contribution in [2.75, 3.05) is 0 Å². The van der Waals surface area contributed by atoms with Crippen LogP contribution in [0, 0.1) is 0 Å². The molecule has 0 aliphatic carbocycles. The first-order valence-electron chi connectivity index (χ1n) is 7.38. The molecule has 0 aromatic heterocycles. The van der Waals surface area contributed by atoms with E-state index in [1.54, 1.807) is 32.9 Å². The van der Waals surface area contributed by atoms with E-state index in [9.17, 15) is 14.4 Å². The van der Waals surface area contributed by atoms with Gasteiger partial charge in [-0.1, -0.05) is 0 Å². The Morgan fingerprint density at radius 3 is 1.71 bits per heavy atom. The average Bonchev–Trinajstić information content (AvgIpc) is 2.54. The van der Waals surface area contributed by atoms with Crippen molar-refractivity contribution < 1.29 is 14.4 Å². The summed E-state index contributed by atoms with van der Waals surface area (Å²) in [5.74, 6) is 0. The molecule has 1 rings (SSSR count). The van der Waals surface area contributed by atoms with Crippen molar-refractivity contribution in [3.8, 4) is 0 Å². The van der Waals surface area contributed by atoms with Crippen molar-refractivity contribution in [3.63, 3.8) is 0 Å². The van der Waals surface area contributed by atoms with Crippen molar-refractivity contribution in [1.29, 1.82) is 0 Å². The molecule has 0 amide bonds. The second-order valence-corrected chi connectivity index (χ2v) is 15.5. The molecule has 0 aliphatic rings. The Hall–Kier alpha value is -1.01. The third kappa shape index (κ3) is 3.11. The van der Waals surface area contributed by atoms with Crippen LogP contribution in [0.15, 0.2) is 24.3 Å². The summed E-state index contributed by atoms with van der Waals surface area (Å²) in [5.41, 5.74) is 6.53. The summed E-state index contributed by atoms with van der Waals surface area (Å²) in [6.45, 7) is 5.42. The van der Waals surface area contributed by atoms with Crippen LogP contribution < -0.4 is 9.31 Å². The summed E-state index contributed by atoms with van der Waals surface area (Å²) in [5, 5.41) is 0. The maximum absolute atomic E-state index is 12.7. The molecule has 4 nitrogen and oxygen atoms in total. The monoisotopic (exact) mass is 397 g/mol. The Kier molecular flexibility index (Phi) is 6.74. The van der Waals surface area contributed by atoms with E-state index in [1.807, 2.05) is 12.1 Å². The minimum atomic E-state index is -4.50. The van der Waals surface area contributed by atoms with Crippen molar-refractivity contribution >= 4 is 33.4 Å². The van der Waals surface area contributed by atoms with Gasteiger partial charge in [-0.15, -0.1) is 0 Å². The third-order valence-electron chi connectivity index (χ3n) is 3.86. The SMILES string of the molecule is CC[C](=O)[Sn]([C](=O)CC)([C](=O)CC)[c]1ccccc1CN. The summed E-state index contributed by atoms with van der Waals surface area (Å²) in [4.78, 5) is 38.1. The van der Waals surface area contributed by atoms with Gasteiger partial charge in [0.1, 0.15) is 0 Å². The number of hydrogen-bond acceptors (Lipinski definition) is 4. The number of carbonyl (C=O) groups is 3. The predicted molar refractivity (Wildman–Crippen MR) is 85.6 cm³/mol. The van der Waals surface area contributed by atoms with Gasteiger partial charge in [-0.05, 0) is 0 Å². The Labute approximate surface area is 130 Å². The first-order valence-corrected chi connectivity index (χ1v) is 13.1. The fraction of sp³-hybridized carbons (Fsp3) is 0.438. The predicted octanol–water partition coefficient (Wildman–Crippen LogP) is 1.36. The third-order valence-corrected chi connectivity index (χ3v) is 17.7. The first-order chi connectivity index (χ1) is 10.00. The van der Waals surface area contributed by atoms with Gasteiger partial charge in [0.05, 0.1) is 0 Å². The Bertz CT molecular complexity index is 513. The van der Waals surface area contributed by atoms with E-state index in [4.69, 9.17) is 5.73 Å². The van der Waals surface area contributed by atoms with Crippen LogP contribution in [-0.4, -0.2) is 29.8 Å². The van der Waals surface area contributed by atoms with Crippen molar-refractivity contribution in [2.45, 2.75) is 46.6 Å². The zero-order chi connectivity index (χ0) is 16.0. The van der Waals surface area contributed by atoms with Gasteiger partial charge in [-0.2, -0.15) is 0 Å². The molecule has 0 bridgehead atoms. The average molecular weight is 396 g/mol. The van der Waals surface area contributed by atoms with E-state index in [-0.39, 0.29) is 37.2 Å². The molecule has 0 spiro atoms. The molecule has 0 unspecified atom stereocenters. The van der Waals surface area contributed by atoms with E-state index in [2.05, 4.69) is 0 Å². The van der Waals surface area contributed by atoms with Crippen LogP contribution in [0.2, 0.25) is 0 Å². The van der Waals surface area contributed by atoms with Gasteiger partial charge in [0, 0.05) is 0 Å². The van der Waals surface area contributed by atoms with Gasteiger partial charge in [0.15, 0.2) is 0 Å².